The van der Waals surface area contributed by atoms with Gasteiger partial charge < -0.3 is 25.0 Å². The summed E-state index contributed by atoms with van der Waals surface area (Å²) in [6, 6.07) is 3.36. The first-order valence-electron chi connectivity index (χ1n) is 12.8. The number of hydrogen-bond donors (Lipinski definition) is 2. The van der Waals surface area contributed by atoms with Gasteiger partial charge in [0.25, 0.3) is 5.91 Å². The Labute approximate surface area is 213 Å². The largest absolute Gasteiger partial charge is 0.433 e. The minimum Gasteiger partial charge on any atom is -0.396 e. The molecule has 2 atom stereocenters. The van der Waals surface area contributed by atoms with Crippen LogP contribution in [0.4, 0.5) is 13.2 Å². The highest BCUT2D eigenvalue weighted by atomic mass is 19.4. The Morgan fingerprint density at radius 3 is 2.54 bits per heavy atom. The predicted octanol–water partition coefficient (Wildman–Crippen LogP) is 2.57. The van der Waals surface area contributed by atoms with Gasteiger partial charge >= 0.3 is 6.18 Å². The fraction of sp³-hybridized carbons (Fsp3) is 0.577. The molecule has 2 unspecified atom stereocenters. The highest BCUT2D eigenvalue weighted by Gasteiger charge is 2.44. The normalized spacial score (nSPS) is 28.5. The van der Waals surface area contributed by atoms with E-state index in [1.165, 1.54) is 6.07 Å². The van der Waals surface area contributed by atoms with Crippen LogP contribution in [0.15, 0.2) is 41.7 Å². The molecule has 0 aromatic carbocycles. The number of amides is 2. The zero-order valence-corrected chi connectivity index (χ0v) is 20.4. The number of aliphatic hydroxyl groups excluding tert-OH is 1. The van der Waals surface area contributed by atoms with E-state index in [-0.39, 0.29) is 42.0 Å². The molecule has 2 N–H and O–H groups in total. The van der Waals surface area contributed by atoms with Crippen molar-refractivity contribution in [2.75, 3.05) is 39.5 Å². The number of carbonyl (C=O) groups is 2. The van der Waals surface area contributed by atoms with Crippen molar-refractivity contribution >= 4 is 11.8 Å². The van der Waals surface area contributed by atoms with Gasteiger partial charge in [-0.2, -0.15) is 13.2 Å². The van der Waals surface area contributed by atoms with Crippen LogP contribution in [-0.2, 0) is 15.7 Å². The van der Waals surface area contributed by atoms with Crippen molar-refractivity contribution < 1.29 is 32.6 Å². The maximum atomic E-state index is 13.5. The first-order valence-corrected chi connectivity index (χ1v) is 12.8. The molecular formula is C26H31F3N4O4. The standard InChI is InChI=1S/C26H31F3N4O4/c27-26(28,29)23-3-1-2-20(30-23)24(35)31-21-12-17-14-33(18-6-4-16(15-34)5-7-18)25(36)19(17)13-22(21)32-8-10-37-11-9-32/h1-3,12-13,16-19,34H,4-11,14-15H2,(H,31,35)/t16-,17?,18-,19?. The third kappa shape index (κ3) is 5.38. The number of hydrogen-bond acceptors (Lipinski definition) is 6. The van der Waals surface area contributed by atoms with Gasteiger partial charge in [0.1, 0.15) is 11.4 Å². The molecule has 37 heavy (non-hydrogen) atoms. The summed E-state index contributed by atoms with van der Waals surface area (Å²) in [4.78, 5) is 33.9. The van der Waals surface area contributed by atoms with E-state index in [1.807, 2.05) is 22.0 Å². The number of ether oxygens (including phenoxy) is 1. The van der Waals surface area contributed by atoms with Gasteiger partial charge in [0, 0.05) is 38.2 Å². The molecule has 0 spiro atoms. The highest BCUT2D eigenvalue weighted by Crippen LogP contribution is 2.39. The summed E-state index contributed by atoms with van der Waals surface area (Å²) in [6.07, 6.45) is 2.59. The Bertz CT molecular complexity index is 1090. The monoisotopic (exact) mass is 520 g/mol. The Kier molecular flexibility index (Phi) is 7.26. The number of halogens is 3. The van der Waals surface area contributed by atoms with Crippen molar-refractivity contribution in [2.24, 2.45) is 17.8 Å². The topological polar surface area (TPSA) is 95.0 Å². The number of carbonyl (C=O) groups excluding carboxylic acids is 2. The first-order chi connectivity index (χ1) is 17.7. The number of nitrogens with one attached hydrogen (secondary N) is 1. The molecule has 2 amide bonds. The number of aromatic nitrogens is 1. The molecule has 3 heterocycles. The molecule has 2 saturated heterocycles. The van der Waals surface area contributed by atoms with Crippen LogP contribution in [0.5, 0.6) is 0 Å². The van der Waals surface area contributed by atoms with Crippen molar-refractivity contribution in [1.82, 2.24) is 20.1 Å². The highest BCUT2D eigenvalue weighted by molar-refractivity contribution is 5.94. The number of morpholine rings is 1. The van der Waals surface area contributed by atoms with Gasteiger partial charge in [-0.3, -0.25) is 9.59 Å². The van der Waals surface area contributed by atoms with Gasteiger partial charge in [-0.15, -0.1) is 0 Å². The Morgan fingerprint density at radius 2 is 1.86 bits per heavy atom. The second-order valence-corrected chi connectivity index (χ2v) is 10.1. The van der Waals surface area contributed by atoms with E-state index in [0.717, 1.165) is 37.8 Å². The van der Waals surface area contributed by atoms with Crippen molar-refractivity contribution in [3.63, 3.8) is 0 Å². The number of aliphatic hydroxyl groups is 1. The average molecular weight is 521 g/mol. The van der Waals surface area contributed by atoms with Crippen LogP contribution in [0.3, 0.4) is 0 Å². The number of likely N-dealkylation sites (tertiary alicyclic amines) is 1. The maximum absolute atomic E-state index is 13.5. The predicted molar refractivity (Wildman–Crippen MR) is 127 cm³/mol. The molecule has 0 radical (unpaired) electrons. The number of alkyl halides is 3. The minimum atomic E-state index is -4.66. The number of rotatable bonds is 5. The zero-order chi connectivity index (χ0) is 26.2. The van der Waals surface area contributed by atoms with Crippen LogP contribution in [0.2, 0.25) is 0 Å². The zero-order valence-electron chi connectivity index (χ0n) is 20.4. The first kappa shape index (κ1) is 25.7. The second-order valence-electron chi connectivity index (χ2n) is 10.1. The number of pyridine rings is 1. The summed E-state index contributed by atoms with van der Waals surface area (Å²) < 4.78 is 44.8. The van der Waals surface area contributed by atoms with Crippen LogP contribution in [-0.4, -0.2) is 77.2 Å². The van der Waals surface area contributed by atoms with E-state index in [0.29, 0.717) is 44.2 Å². The Morgan fingerprint density at radius 1 is 1.14 bits per heavy atom. The van der Waals surface area contributed by atoms with Gasteiger partial charge in [-0.1, -0.05) is 12.1 Å². The quantitative estimate of drug-likeness (QED) is 0.620. The molecule has 1 aromatic rings. The van der Waals surface area contributed by atoms with Gasteiger partial charge in [-0.05, 0) is 49.8 Å². The molecule has 5 rings (SSSR count). The Balaban J connectivity index is 1.38. The van der Waals surface area contributed by atoms with Crippen molar-refractivity contribution in [2.45, 2.75) is 37.9 Å². The van der Waals surface area contributed by atoms with Gasteiger partial charge in [0.2, 0.25) is 5.91 Å². The van der Waals surface area contributed by atoms with Crippen molar-refractivity contribution in [3.8, 4) is 0 Å². The van der Waals surface area contributed by atoms with Crippen LogP contribution < -0.4 is 5.32 Å². The summed E-state index contributed by atoms with van der Waals surface area (Å²) in [5.74, 6) is -0.906. The lowest BCUT2D eigenvalue weighted by Gasteiger charge is -2.35. The van der Waals surface area contributed by atoms with Crippen molar-refractivity contribution in [1.29, 1.82) is 0 Å². The lowest BCUT2D eigenvalue weighted by atomic mass is 9.86. The SMILES string of the molecule is O=C(NC1=CC2CN([C@H]3CC[C@H](CO)CC3)C(=O)C2C=C1N1CCOCC1)c1cccc(C(F)(F)F)n1. The van der Waals surface area contributed by atoms with Gasteiger partial charge in [0.15, 0.2) is 0 Å². The lowest BCUT2D eigenvalue weighted by Crippen LogP contribution is -2.41. The summed E-state index contributed by atoms with van der Waals surface area (Å²) in [5.41, 5.74) is -0.297. The molecule has 4 aliphatic rings. The van der Waals surface area contributed by atoms with Crippen molar-refractivity contribution in [3.05, 3.63) is 53.1 Å². The molecular weight excluding hydrogens is 489 g/mol. The van der Waals surface area contributed by atoms with Crippen LogP contribution in [0.25, 0.3) is 0 Å². The van der Waals surface area contributed by atoms with Gasteiger partial charge in [-0.25, -0.2) is 4.98 Å². The van der Waals surface area contributed by atoms with Crippen LogP contribution >= 0.6 is 0 Å². The summed E-state index contributed by atoms with van der Waals surface area (Å²) in [7, 11) is 0. The number of fused-ring (bicyclic) bond motifs is 1. The van der Waals surface area contributed by atoms with E-state index in [9.17, 15) is 27.9 Å². The van der Waals surface area contributed by atoms with E-state index in [4.69, 9.17) is 4.74 Å². The Hall–Kier alpha value is -2.92. The molecule has 2 aliphatic heterocycles. The molecule has 3 fully saturated rings. The van der Waals surface area contributed by atoms with Crippen LogP contribution in [0, 0.1) is 17.8 Å². The van der Waals surface area contributed by atoms with E-state index < -0.39 is 17.8 Å². The molecule has 200 valence electrons. The summed E-state index contributed by atoms with van der Waals surface area (Å²) in [6.45, 7) is 2.82. The summed E-state index contributed by atoms with van der Waals surface area (Å²) in [5, 5.41) is 12.2. The molecule has 8 nitrogen and oxygen atoms in total. The summed E-state index contributed by atoms with van der Waals surface area (Å²) >= 11 is 0. The van der Waals surface area contributed by atoms with E-state index in [1.54, 1.807) is 0 Å². The van der Waals surface area contributed by atoms with Crippen LogP contribution in [0.1, 0.15) is 41.9 Å². The second kappa shape index (κ2) is 10.4. The molecule has 2 aliphatic carbocycles. The molecule has 11 heteroatoms. The third-order valence-corrected chi connectivity index (χ3v) is 7.82. The third-order valence-electron chi connectivity index (χ3n) is 7.82. The fourth-order valence-electron chi connectivity index (χ4n) is 5.78. The lowest BCUT2D eigenvalue weighted by molar-refractivity contribution is -0.141. The van der Waals surface area contributed by atoms with E-state index in [2.05, 4.69) is 10.3 Å². The smallest absolute Gasteiger partial charge is 0.396 e. The minimum absolute atomic E-state index is 0.0596. The molecule has 0 bridgehead atoms. The molecule has 1 aromatic heterocycles. The maximum Gasteiger partial charge on any atom is 0.433 e. The fourth-order valence-corrected chi connectivity index (χ4v) is 5.78. The average Bonchev–Trinajstić information content (AvgIpc) is 3.23. The number of nitrogens with zero attached hydrogens (tertiary/aromatic N) is 3. The van der Waals surface area contributed by atoms with Gasteiger partial charge in [0.05, 0.1) is 30.5 Å². The molecule has 1 saturated carbocycles. The van der Waals surface area contributed by atoms with E-state index >= 15 is 0 Å².